The maximum Gasteiger partial charge on any atom is 0.120 e. The summed E-state index contributed by atoms with van der Waals surface area (Å²) in [5, 5.41) is 9.57. The highest BCUT2D eigenvalue weighted by atomic mass is 16.5. The molecule has 1 atom stereocenters. The monoisotopic (exact) mass is 209 g/mol. The van der Waals surface area contributed by atoms with E-state index in [9.17, 15) is 5.11 Å². The SMILES string of the molecule is CC(C)(C)Oc1cccc(C(O)CN)c1. The van der Waals surface area contributed by atoms with Crippen LogP contribution in [0.25, 0.3) is 0 Å². The van der Waals surface area contributed by atoms with Crippen molar-refractivity contribution in [3.8, 4) is 5.75 Å². The van der Waals surface area contributed by atoms with Crippen molar-refractivity contribution in [1.29, 1.82) is 0 Å². The van der Waals surface area contributed by atoms with E-state index in [1.807, 2.05) is 45.0 Å². The lowest BCUT2D eigenvalue weighted by Crippen LogP contribution is -2.23. The molecule has 1 aromatic rings. The van der Waals surface area contributed by atoms with Gasteiger partial charge in [-0.3, -0.25) is 0 Å². The molecule has 0 spiro atoms. The van der Waals surface area contributed by atoms with Gasteiger partial charge >= 0.3 is 0 Å². The molecule has 0 aliphatic carbocycles. The van der Waals surface area contributed by atoms with Crippen LogP contribution in [0.3, 0.4) is 0 Å². The number of rotatable bonds is 3. The molecule has 0 amide bonds. The van der Waals surface area contributed by atoms with Crippen molar-refractivity contribution >= 4 is 0 Å². The molecular formula is C12H19NO2. The first kappa shape index (κ1) is 12.0. The summed E-state index contributed by atoms with van der Waals surface area (Å²) in [5.41, 5.74) is 5.95. The van der Waals surface area contributed by atoms with Crippen molar-refractivity contribution in [1.82, 2.24) is 0 Å². The minimum Gasteiger partial charge on any atom is -0.488 e. The first-order valence-corrected chi connectivity index (χ1v) is 5.09. The lowest BCUT2D eigenvalue weighted by Gasteiger charge is -2.22. The number of benzene rings is 1. The molecule has 1 unspecified atom stereocenters. The van der Waals surface area contributed by atoms with Gasteiger partial charge in [0.05, 0.1) is 6.10 Å². The highest BCUT2D eigenvalue weighted by molar-refractivity contribution is 5.30. The highest BCUT2D eigenvalue weighted by Gasteiger charge is 2.13. The summed E-state index contributed by atoms with van der Waals surface area (Å²) in [6, 6.07) is 7.39. The third-order valence-electron chi connectivity index (χ3n) is 1.89. The Bertz CT molecular complexity index is 318. The van der Waals surface area contributed by atoms with Gasteiger partial charge in [0.2, 0.25) is 0 Å². The van der Waals surface area contributed by atoms with Gasteiger partial charge in [0.15, 0.2) is 0 Å². The molecule has 3 heteroatoms. The Morgan fingerprint density at radius 2 is 2.07 bits per heavy atom. The van der Waals surface area contributed by atoms with Crippen LogP contribution >= 0.6 is 0 Å². The summed E-state index contributed by atoms with van der Waals surface area (Å²) in [7, 11) is 0. The summed E-state index contributed by atoms with van der Waals surface area (Å²) in [6.07, 6.45) is -0.617. The number of aliphatic hydroxyl groups is 1. The van der Waals surface area contributed by atoms with E-state index in [0.29, 0.717) is 0 Å². The molecule has 84 valence electrons. The summed E-state index contributed by atoms with van der Waals surface area (Å²) < 4.78 is 5.69. The maximum absolute atomic E-state index is 9.57. The van der Waals surface area contributed by atoms with Crippen LogP contribution in [0.5, 0.6) is 5.75 Å². The molecule has 3 N–H and O–H groups in total. The summed E-state index contributed by atoms with van der Waals surface area (Å²) in [5.74, 6) is 0.757. The second kappa shape index (κ2) is 4.64. The number of nitrogens with two attached hydrogens (primary N) is 1. The average Bonchev–Trinajstić information content (AvgIpc) is 2.14. The largest absolute Gasteiger partial charge is 0.488 e. The zero-order chi connectivity index (χ0) is 11.5. The molecule has 1 rings (SSSR count). The molecule has 0 aromatic heterocycles. The fourth-order valence-electron chi connectivity index (χ4n) is 1.27. The van der Waals surface area contributed by atoms with Crippen LogP contribution in [0.15, 0.2) is 24.3 Å². The van der Waals surface area contributed by atoms with E-state index in [1.54, 1.807) is 0 Å². The van der Waals surface area contributed by atoms with E-state index < -0.39 is 6.10 Å². The fourth-order valence-corrected chi connectivity index (χ4v) is 1.27. The van der Waals surface area contributed by atoms with Crippen molar-refractivity contribution in [3.05, 3.63) is 29.8 Å². The summed E-state index contributed by atoms with van der Waals surface area (Å²) in [4.78, 5) is 0. The minimum atomic E-state index is -0.617. The highest BCUT2D eigenvalue weighted by Crippen LogP contribution is 2.22. The van der Waals surface area contributed by atoms with E-state index in [0.717, 1.165) is 11.3 Å². The van der Waals surface area contributed by atoms with Crippen LogP contribution in [-0.2, 0) is 0 Å². The maximum atomic E-state index is 9.57. The van der Waals surface area contributed by atoms with E-state index >= 15 is 0 Å². The number of hydrogen-bond donors (Lipinski definition) is 2. The van der Waals surface area contributed by atoms with Gasteiger partial charge in [0.1, 0.15) is 11.4 Å². The molecule has 0 saturated heterocycles. The molecule has 0 radical (unpaired) electrons. The first-order valence-electron chi connectivity index (χ1n) is 5.09. The van der Waals surface area contributed by atoms with Gasteiger partial charge in [-0.25, -0.2) is 0 Å². The smallest absolute Gasteiger partial charge is 0.120 e. The van der Waals surface area contributed by atoms with Crippen LogP contribution in [0, 0.1) is 0 Å². The lowest BCUT2D eigenvalue weighted by atomic mass is 10.1. The quantitative estimate of drug-likeness (QED) is 0.798. The fraction of sp³-hybridized carbons (Fsp3) is 0.500. The minimum absolute atomic E-state index is 0.221. The number of ether oxygens (including phenoxy) is 1. The van der Waals surface area contributed by atoms with Crippen molar-refractivity contribution in [3.63, 3.8) is 0 Å². The topological polar surface area (TPSA) is 55.5 Å². The van der Waals surface area contributed by atoms with Crippen LogP contribution in [0.2, 0.25) is 0 Å². The normalized spacial score (nSPS) is 13.7. The zero-order valence-electron chi connectivity index (χ0n) is 9.53. The molecule has 0 fully saturated rings. The van der Waals surface area contributed by atoms with Crippen molar-refractivity contribution in [2.45, 2.75) is 32.5 Å². The van der Waals surface area contributed by atoms with E-state index in [-0.39, 0.29) is 12.1 Å². The van der Waals surface area contributed by atoms with Crippen molar-refractivity contribution in [2.75, 3.05) is 6.54 Å². The standard InChI is InChI=1S/C12H19NO2/c1-12(2,3)15-10-6-4-5-9(7-10)11(14)8-13/h4-7,11,14H,8,13H2,1-3H3. The Kier molecular flexibility index (Phi) is 3.72. The summed E-state index contributed by atoms with van der Waals surface area (Å²) >= 11 is 0. The zero-order valence-corrected chi connectivity index (χ0v) is 9.53. The Labute approximate surface area is 90.9 Å². The molecule has 1 aromatic carbocycles. The number of hydrogen-bond acceptors (Lipinski definition) is 3. The first-order chi connectivity index (χ1) is 6.92. The van der Waals surface area contributed by atoms with Gasteiger partial charge in [-0.15, -0.1) is 0 Å². The Balaban J connectivity index is 2.83. The molecule has 0 aliphatic heterocycles. The van der Waals surface area contributed by atoms with Gasteiger partial charge in [0, 0.05) is 6.54 Å². The Morgan fingerprint density at radius 1 is 1.40 bits per heavy atom. The van der Waals surface area contributed by atoms with Crippen LogP contribution in [-0.4, -0.2) is 17.3 Å². The van der Waals surface area contributed by atoms with Crippen LogP contribution in [0.1, 0.15) is 32.4 Å². The molecule has 3 nitrogen and oxygen atoms in total. The van der Waals surface area contributed by atoms with Gasteiger partial charge in [-0.2, -0.15) is 0 Å². The van der Waals surface area contributed by atoms with Crippen LogP contribution in [0.4, 0.5) is 0 Å². The van der Waals surface area contributed by atoms with E-state index in [2.05, 4.69) is 0 Å². The van der Waals surface area contributed by atoms with Gasteiger partial charge in [-0.05, 0) is 38.5 Å². The van der Waals surface area contributed by atoms with Gasteiger partial charge in [-0.1, -0.05) is 12.1 Å². The van der Waals surface area contributed by atoms with Crippen molar-refractivity contribution < 1.29 is 9.84 Å². The Hall–Kier alpha value is -1.06. The molecule has 0 aliphatic rings. The van der Waals surface area contributed by atoms with E-state index in [1.165, 1.54) is 0 Å². The molecule has 0 saturated carbocycles. The lowest BCUT2D eigenvalue weighted by molar-refractivity contribution is 0.129. The summed E-state index contributed by atoms with van der Waals surface area (Å²) in [6.45, 7) is 6.18. The number of aliphatic hydroxyl groups excluding tert-OH is 1. The van der Waals surface area contributed by atoms with Crippen LogP contribution < -0.4 is 10.5 Å². The average molecular weight is 209 g/mol. The molecule has 0 bridgehead atoms. The molecule has 15 heavy (non-hydrogen) atoms. The van der Waals surface area contributed by atoms with Crippen molar-refractivity contribution in [2.24, 2.45) is 5.73 Å². The third kappa shape index (κ3) is 3.90. The van der Waals surface area contributed by atoms with Gasteiger partial charge < -0.3 is 15.6 Å². The second-order valence-corrected chi connectivity index (χ2v) is 4.54. The Morgan fingerprint density at radius 3 is 2.60 bits per heavy atom. The predicted molar refractivity (Wildman–Crippen MR) is 60.8 cm³/mol. The van der Waals surface area contributed by atoms with Gasteiger partial charge in [0.25, 0.3) is 0 Å². The second-order valence-electron chi connectivity index (χ2n) is 4.54. The molecular weight excluding hydrogens is 190 g/mol. The molecule has 0 heterocycles. The third-order valence-corrected chi connectivity index (χ3v) is 1.89. The van der Waals surface area contributed by atoms with E-state index in [4.69, 9.17) is 10.5 Å². The predicted octanol–water partition coefficient (Wildman–Crippen LogP) is 1.86.